The van der Waals surface area contributed by atoms with E-state index >= 15 is 0 Å². The Balaban J connectivity index is 1.73. The first-order chi connectivity index (χ1) is 10.6. The first-order valence-corrected chi connectivity index (χ1v) is 7.78. The Bertz CT molecular complexity index is 741. The van der Waals surface area contributed by atoms with Gasteiger partial charge in [0.15, 0.2) is 5.79 Å². The van der Waals surface area contributed by atoms with Gasteiger partial charge in [0.2, 0.25) is 0 Å². The number of carboxylic acid groups (broad SMARTS) is 1. The number of aromatic amines is 1. The minimum Gasteiger partial charge on any atom is -0.465 e. The molecule has 22 heavy (non-hydrogen) atoms. The maximum atomic E-state index is 11.6. The summed E-state index contributed by atoms with van der Waals surface area (Å²) in [5, 5.41) is 9.47. The SMILES string of the molecule is O=C(O)N1CC2(CC1c1nc3ccc(Br)cc3[nH]1)OCCO2. The summed E-state index contributed by atoms with van der Waals surface area (Å²) in [5.74, 6) is -0.214. The van der Waals surface area contributed by atoms with Crippen LogP contribution in [-0.4, -0.2) is 51.6 Å². The Morgan fingerprint density at radius 2 is 2.23 bits per heavy atom. The van der Waals surface area contributed by atoms with E-state index in [0.717, 1.165) is 15.5 Å². The molecule has 1 aromatic heterocycles. The highest BCUT2D eigenvalue weighted by atomic mass is 79.9. The molecule has 2 fully saturated rings. The number of hydrogen-bond donors (Lipinski definition) is 2. The topological polar surface area (TPSA) is 87.7 Å². The highest BCUT2D eigenvalue weighted by Gasteiger charge is 2.51. The molecule has 7 nitrogen and oxygen atoms in total. The Morgan fingerprint density at radius 1 is 1.45 bits per heavy atom. The predicted molar refractivity (Wildman–Crippen MR) is 80.5 cm³/mol. The first-order valence-electron chi connectivity index (χ1n) is 6.99. The number of nitrogens with one attached hydrogen (secondary N) is 1. The zero-order valence-corrected chi connectivity index (χ0v) is 13.2. The van der Waals surface area contributed by atoms with Crippen molar-refractivity contribution in [2.75, 3.05) is 19.8 Å². The van der Waals surface area contributed by atoms with Crippen molar-refractivity contribution < 1.29 is 19.4 Å². The number of imidazole rings is 1. The maximum absolute atomic E-state index is 11.6. The van der Waals surface area contributed by atoms with E-state index in [-0.39, 0.29) is 6.54 Å². The van der Waals surface area contributed by atoms with Crippen molar-refractivity contribution in [1.29, 1.82) is 0 Å². The van der Waals surface area contributed by atoms with E-state index < -0.39 is 17.9 Å². The van der Waals surface area contributed by atoms with Gasteiger partial charge < -0.3 is 19.6 Å². The van der Waals surface area contributed by atoms with Crippen LogP contribution in [0.15, 0.2) is 22.7 Å². The number of fused-ring (bicyclic) bond motifs is 1. The number of rotatable bonds is 1. The number of ether oxygens (including phenoxy) is 2. The van der Waals surface area contributed by atoms with Crippen LogP contribution in [0.1, 0.15) is 18.3 Å². The second-order valence-electron chi connectivity index (χ2n) is 5.52. The Labute approximate surface area is 134 Å². The van der Waals surface area contributed by atoms with E-state index in [1.54, 1.807) is 0 Å². The number of hydrogen-bond acceptors (Lipinski definition) is 4. The minimum atomic E-state index is -0.998. The number of benzene rings is 1. The van der Waals surface area contributed by atoms with Crippen LogP contribution in [-0.2, 0) is 9.47 Å². The molecule has 0 saturated carbocycles. The molecule has 2 saturated heterocycles. The fourth-order valence-corrected chi connectivity index (χ4v) is 3.51. The molecule has 1 amide bonds. The molecule has 2 aliphatic rings. The molecule has 116 valence electrons. The number of amides is 1. The third kappa shape index (κ3) is 2.18. The summed E-state index contributed by atoms with van der Waals surface area (Å²) in [4.78, 5) is 20.6. The molecular formula is C14H14BrN3O4. The summed E-state index contributed by atoms with van der Waals surface area (Å²) in [5.41, 5.74) is 1.67. The lowest BCUT2D eigenvalue weighted by Crippen LogP contribution is -2.36. The van der Waals surface area contributed by atoms with Crippen LogP contribution in [0.2, 0.25) is 0 Å². The van der Waals surface area contributed by atoms with E-state index in [1.807, 2.05) is 18.2 Å². The molecule has 1 unspecified atom stereocenters. The van der Waals surface area contributed by atoms with Gasteiger partial charge in [-0.2, -0.15) is 0 Å². The van der Waals surface area contributed by atoms with Gasteiger partial charge in [0, 0.05) is 10.9 Å². The van der Waals surface area contributed by atoms with Gasteiger partial charge in [-0.25, -0.2) is 9.78 Å². The molecule has 1 spiro atoms. The molecule has 0 radical (unpaired) electrons. The summed E-state index contributed by atoms with van der Waals surface area (Å²) in [7, 11) is 0. The van der Waals surface area contributed by atoms with Gasteiger partial charge in [-0.15, -0.1) is 0 Å². The van der Waals surface area contributed by atoms with Crippen LogP contribution in [0.4, 0.5) is 4.79 Å². The van der Waals surface area contributed by atoms with Crippen LogP contribution in [0.25, 0.3) is 11.0 Å². The summed E-state index contributed by atoms with van der Waals surface area (Å²) in [6, 6.07) is 5.31. The first kappa shape index (κ1) is 14.0. The highest BCUT2D eigenvalue weighted by Crippen LogP contribution is 2.42. The standard InChI is InChI=1S/C14H14BrN3O4/c15-8-1-2-9-10(5-8)17-12(16-9)11-6-14(21-3-4-22-14)7-18(11)13(19)20/h1-2,5,11H,3-4,6-7H2,(H,16,17)(H,19,20). The van der Waals surface area contributed by atoms with Gasteiger partial charge in [0.25, 0.3) is 0 Å². The molecule has 1 aromatic carbocycles. The fourth-order valence-electron chi connectivity index (χ4n) is 3.15. The van der Waals surface area contributed by atoms with Crippen LogP contribution in [0.5, 0.6) is 0 Å². The quantitative estimate of drug-likeness (QED) is 0.808. The monoisotopic (exact) mass is 367 g/mol. The molecule has 3 heterocycles. The maximum Gasteiger partial charge on any atom is 0.408 e. The average molecular weight is 368 g/mol. The Morgan fingerprint density at radius 3 is 2.95 bits per heavy atom. The highest BCUT2D eigenvalue weighted by molar-refractivity contribution is 9.10. The number of aromatic nitrogens is 2. The molecular weight excluding hydrogens is 354 g/mol. The van der Waals surface area contributed by atoms with E-state index in [9.17, 15) is 9.90 Å². The van der Waals surface area contributed by atoms with Crippen LogP contribution < -0.4 is 0 Å². The van der Waals surface area contributed by atoms with Crippen LogP contribution >= 0.6 is 15.9 Å². The van der Waals surface area contributed by atoms with E-state index in [4.69, 9.17) is 9.47 Å². The van der Waals surface area contributed by atoms with Crippen molar-refractivity contribution in [3.05, 3.63) is 28.5 Å². The zero-order valence-electron chi connectivity index (χ0n) is 11.6. The van der Waals surface area contributed by atoms with Gasteiger partial charge in [-0.1, -0.05) is 15.9 Å². The molecule has 1 atom stereocenters. The number of halogens is 1. The number of H-pyrrole nitrogens is 1. The lowest BCUT2D eigenvalue weighted by Gasteiger charge is -2.20. The van der Waals surface area contributed by atoms with Crippen molar-refractivity contribution in [3.63, 3.8) is 0 Å². The normalized spacial score (nSPS) is 23.7. The summed E-state index contributed by atoms with van der Waals surface area (Å²) < 4.78 is 12.2. The molecule has 8 heteroatoms. The van der Waals surface area contributed by atoms with Crippen molar-refractivity contribution in [1.82, 2.24) is 14.9 Å². The molecule has 0 aliphatic carbocycles. The van der Waals surface area contributed by atoms with Crippen LogP contribution in [0.3, 0.4) is 0 Å². The predicted octanol–water partition coefficient (Wildman–Crippen LogP) is 2.49. The average Bonchev–Trinajstić information content (AvgIpc) is 3.18. The third-order valence-corrected chi connectivity index (χ3v) is 4.62. The van der Waals surface area contributed by atoms with Crippen molar-refractivity contribution >= 4 is 33.1 Å². The van der Waals surface area contributed by atoms with E-state index in [0.29, 0.717) is 25.5 Å². The Hall–Kier alpha value is -1.64. The van der Waals surface area contributed by atoms with Gasteiger partial charge in [0.05, 0.1) is 36.8 Å². The summed E-state index contributed by atoms with van der Waals surface area (Å²) >= 11 is 3.42. The van der Waals surface area contributed by atoms with E-state index in [1.165, 1.54) is 4.90 Å². The Kier molecular flexibility index (Phi) is 3.14. The van der Waals surface area contributed by atoms with Crippen LogP contribution in [0, 0.1) is 0 Å². The lowest BCUT2D eigenvalue weighted by atomic mass is 10.1. The lowest BCUT2D eigenvalue weighted by molar-refractivity contribution is -0.144. The largest absolute Gasteiger partial charge is 0.465 e. The third-order valence-electron chi connectivity index (χ3n) is 4.13. The smallest absolute Gasteiger partial charge is 0.408 e. The van der Waals surface area contributed by atoms with Gasteiger partial charge >= 0.3 is 6.09 Å². The summed E-state index contributed by atoms with van der Waals surface area (Å²) in [6.07, 6.45) is -0.553. The minimum absolute atomic E-state index is 0.202. The molecule has 0 bridgehead atoms. The van der Waals surface area contributed by atoms with Gasteiger partial charge in [-0.3, -0.25) is 4.90 Å². The zero-order chi connectivity index (χ0) is 15.3. The van der Waals surface area contributed by atoms with Crippen molar-refractivity contribution in [3.8, 4) is 0 Å². The van der Waals surface area contributed by atoms with Gasteiger partial charge in [-0.05, 0) is 18.2 Å². The number of likely N-dealkylation sites (tertiary alicyclic amines) is 1. The van der Waals surface area contributed by atoms with Gasteiger partial charge in [0.1, 0.15) is 5.82 Å². The molecule has 2 aliphatic heterocycles. The number of nitrogens with zero attached hydrogens (tertiary/aromatic N) is 2. The molecule has 2 N–H and O–H groups in total. The van der Waals surface area contributed by atoms with Crippen molar-refractivity contribution in [2.24, 2.45) is 0 Å². The number of carbonyl (C=O) groups is 1. The summed E-state index contributed by atoms with van der Waals surface area (Å²) in [6.45, 7) is 1.19. The van der Waals surface area contributed by atoms with E-state index in [2.05, 4.69) is 25.9 Å². The second kappa shape index (κ2) is 4.94. The second-order valence-corrected chi connectivity index (χ2v) is 6.44. The van der Waals surface area contributed by atoms with Crippen molar-refractivity contribution in [2.45, 2.75) is 18.2 Å². The molecule has 4 rings (SSSR count). The molecule has 2 aromatic rings. The fraction of sp³-hybridized carbons (Fsp3) is 0.429.